The fourth-order valence-corrected chi connectivity index (χ4v) is 3.88. The van der Waals surface area contributed by atoms with E-state index in [-0.39, 0.29) is 15.3 Å². The van der Waals surface area contributed by atoms with Gasteiger partial charge in [0.2, 0.25) is 9.84 Å². The van der Waals surface area contributed by atoms with Gasteiger partial charge < -0.3 is 5.32 Å². The van der Waals surface area contributed by atoms with Crippen molar-refractivity contribution in [2.45, 2.75) is 31.2 Å². The van der Waals surface area contributed by atoms with Crippen molar-refractivity contribution in [2.75, 3.05) is 6.26 Å². The molecule has 0 bridgehead atoms. The number of thioether (sulfide) groups is 1. The van der Waals surface area contributed by atoms with Crippen LogP contribution in [0.25, 0.3) is 0 Å². The van der Waals surface area contributed by atoms with Gasteiger partial charge in [0.1, 0.15) is 6.07 Å². The van der Waals surface area contributed by atoms with E-state index in [1.807, 2.05) is 26.8 Å². The summed E-state index contributed by atoms with van der Waals surface area (Å²) in [6.45, 7) is 5.73. The van der Waals surface area contributed by atoms with Crippen LogP contribution in [0.4, 0.5) is 0 Å². The van der Waals surface area contributed by atoms with E-state index in [0.717, 1.165) is 0 Å². The summed E-state index contributed by atoms with van der Waals surface area (Å²) >= 11 is 1.22. The van der Waals surface area contributed by atoms with Gasteiger partial charge in [0, 0.05) is 5.54 Å². The van der Waals surface area contributed by atoms with Crippen molar-refractivity contribution < 1.29 is 8.42 Å². The molecule has 0 unspecified atom stereocenters. The molecule has 0 aliphatic rings. The molecule has 1 N–H and O–H groups in total. The Labute approximate surface area is 124 Å². The standard InChI is InChI=1S/C14H18N2O2S2/c1-14(2,3)16-13(19-4)12(10-15)20(17,18)11-8-6-5-7-9-11/h5-9,16H,1-4H3/b13-12-. The third-order valence-electron chi connectivity index (χ3n) is 2.32. The van der Waals surface area contributed by atoms with Crippen molar-refractivity contribution in [1.29, 1.82) is 5.26 Å². The SMILES string of the molecule is CS/C(NC(C)(C)C)=C(/C#N)S(=O)(=O)c1ccccc1. The number of hydrogen-bond acceptors (Lipinski definition) is 5. The van der Waals surface area contributed by atoms with Crippen molar-refractivity contribution in [3.8, 4) is 6.07 Å². The highest BCUT2D eigenvalue weighted by molar-refractivity contribution is 8.04. The van der Waals surface area contributed by atoms with Crippen LogP contribution >= 0.6 is 11.8 Å². The molecule has 0 aromatic heterocycles. The lowest BCUT2D eigenvalue weighted by Crippen LogP contribution is -2.35. The van der Waals surface area contributed by atoms with Gasteiger partial charge in [-0.05, 0) is 39.2 Å². The van der Waals surface area contributed by atoms with Crippen molar-refractivity contribution >= 4 is 21.6 Å². The lowest BCUT2D eigenvalue weighted by atomic mass is 10.1. The minimum atomic E-state index is -3.80. The van der Waals surface area contributed by atoms with Gasteiger partial charge in [-0.15, -0.1) is 11.8 Å². The predicted octanol–water partition coefficient (Wildman–Crippen LogP) is 2.90. The minimum Gasteiger partial charge on any atom is -0.374 e. The first-order valence-corrected chi connectivity index (χ1v) is 8.70. The Hall–Kier alpha value is -1.45. The summed E-state index contributed by atoms with van der Waals surface area (Å²) in [5.74, 6) is 0. The number of sulfone groups is 1. The maximum absolute atomic E-state index is 12.5. The van der Waals surface area contributed by atoms with E-state index >= 15 is 0 Å². The highest BCUT2D eigenvalue weighted by atomic mass is 32.2. The summed E-state index contributed by atoms with van der Waals surface area (Å²) in [7, 11) is -3.80. The lowest BCUT2D eigenvalue weighted by molar-refractivity contribution is 0.486. The van der Waals surface area contributed by atoms with Crippen LogP contribution in [-0.2, 0) is 9.84 Å². The van der Waals surface area contributed by atoms with Crippen LogP contribution in [-0.4, -0.2) is 20.2 Å². The second kappa shape index (κ2) is 6.33. The van der Waals surface area contributed by atoms with Gasteiger partial charge in [-0.2, -0.15) is 5.26 Å². The summed E-state index contributed by atoms with van der Waals surface area (Å²) in [5.41, 5.74) is -0.327. The smallest absolute Gasteiger partial charge is 0.219 e. The van der Waals surface area contributed by atoms with Gasteiger partial charge in [-0.3, -0.25) is 0 Å². The Bertz CT molecular complexity index is 636. The van der Waals surface area contributed by atoms with E-state index < -0.39 is 9.84 Å². The summed E-state index contributed by atoms with van der Waals surface area (Å²) < 4.78 is 25.0. The van der Waals surface area contributed by atoms with Crippen LogP contribution in [0.15, 0.2) is 45.2 Å². The molecule has 0 amide bonds. The van der Waals surface area contributed by atoms with Crippen molar-refractivity contribution in [3.63, 3.8) is 0 Å². The zero-order chi connectivity index (χ0) is 15.4. The largest absolute Gasteiger partial charge is 0.374 e. The molecule has 4 nitrogen and oxygen atoms in total. The third-order valence-corrected chi connectivity index (χ3v) is 4.89. The van der Waals surface area contributed by atoms with Gasteiger partial charge >= 0.3 is 0 Å². The molecule has 108 valence electrons. The molecule has 0 heterocycles. The average Bonchev–Trinajstić information content (AvgIpc) is 2.37. The van der Waals surface area contributed by atoms with Crippen LogP contribution in [0.5, 0.6) is 0 Å². The highest BCUT2D eigenvalue weighted by Crippen LogP contribution is 2.26. The zero-order valence-corrected chi connectivity index (χ0v) is 13.6. The average molecular weight is 310 g/mol. The maximum atomic E-state index is 12.5. The van der Waals surface area contributed by atoms with E-state index in [4.69, 9.17) is 0 Å². The molecule has 0 aliphatic carbocycles. The molecule has 1 aromatic carbocycles. The zero-order valence-electron chi connectivity index (χ0n) is 12.0. The molecular weight excluding hydrogens is 292 g/mol. The normalized spacial score (nSPS) is 13.3. The van der Waals surface area contributed by atoms with Gasteiger partial charge in [0.15, 0.2) is 4.91 Å². The highest BCUT2D eigenvalue weighted by Gasteiger charge is 2.26. The van der Waals surface area contributed by atoms with E-state index in [1.165, 1.54) is 23.9 Å². The molecular formula is C14H18N2O2S2. The molecule has 0 spiro atoms. The Morgan fingerprint density at radius 2 is 1.80 bits per heavy atom. The quantitative estimate of drug-likeness (QED) is 0.866. The first kappa shape index (κ1) is 16.6. The van der Waals surface area contributed by atoms with Crippen LogP contribution in [0.3, 0.4) is 0 Å². The molecule has 0 saturated carbocycles. The summed E-state index contributed by atoms with van der Waals surface area (Å²) in [6.07, 6.45) is 1.74. The van der Waals surface area contributed by atoms with E-state index in [0.29, 0.717) is 5.03 Å². The van der Waals surface area contributed by atoms with Gasteiger partial charge in [-0.1, -0.05) is 18.2 Å². The molecule has 6 heteroatoms. The number of allylic oxidation sites excluding steroid dienone is 1. The third kappa shape index (κ3) is 4.02. The van der Waals surface area contributed by atoms with Crippen LogP contribution in [0.2, 0.25) is 0 Å². The van der Waals surface area contributed by atoms with E-state index in [9.17, 15) is 13.7 Å². The van der Waals surface area contributed by atoms with Crippen molar-refractivity contribution in [2.24, 2.45) is 0 Å². The fourth-order valence-electron chi connectivity index (χ4n) is 1.49. The van der Waals surface area contributed by atoms with Crippen molar-refractivity contribution in [1.82, 2.24) is 5.32 Å². The predicted molar refractivity (Wildman–Crippen MR) is 82.7 cm³/mol. The molecule has 1 rings (SSSR count). The Kier molecular flexibility index (Phi) is 5.26. The first-order valence-electron chi connectivity index (χ1n) is 5.99. The molecule has 0 fully saturated rings. The number of nitriles is 1. The monoisotopic (exact) mass is 310 g/mol. The number of benzene rings is 1. The summed E-state index contributed by atoms with van der Waals surface area (Å²) in [4.78, 5) is -0.120. The number of hydrogen-bond donors (Lipinski definition) is 1. The van der Waals surface area contributed by atoms with E-state index in [1.54, 1.807) is 24.5 Å². The van der Waals surface area contributed by atoms with Crippen LogP contribution in [0.1, 0.15) is 20.8 Å². The number of nitrogens with zero attached hydrogens (tertiary/aromatic N) is 1. The second-order valence-corrected chi connectivity index (χ2v) is 7.87. The van der Waals surface area contributed by atoms with E-state index in [2.05, 4.69) is 5.32 Å². The lowest BCUT2D eigenvalue weighted by Gasteiger charge is -2.24. The van der Waals surface area contributed by atoms with Gasteiger partial charge in [0.05, 0.1) is 9.92 Å². The molecule has 0 radical (unpaired) electrons. The summed E-state index contributed by atoms with van der Waals surface area (Å²) in [5, 5.41) is 12.7. The maximum Gasteiger partial charge on any atom is 0.219 e. The van der Waals surface area contributed by atoms with Crippen LogP contribution in [0, 0.1) is 11.3 Å². The number of rotatable bonds is 4. The Morgan fingerprint density at radius 3 is 2.20 bits per heavy atom. The second-order valence-electron chi connectivity index (χ2n) is 5.17. The minimum absolute atomic E-state index is 0.124. The van der Waals surface area contributed by atoms with Crippen LogP contribution < -0.4 is 5.32 Å². The Morgan fingerprint density at radius 1 is 1.25 bits per heavy atom. The van der Waals surface area contributed by atoms with Gasteiger partial charge in [-0.25, -0.2) is 8.42 Å². The summed E-state index contributed by atoms with van der Waals surface area (Å²) in [6, 6.07) is 9.81. The molecule has 20 heavy (non-hydrogen) atoms. The van der Waals surface area contributed by atoms with Crippen molar-refractivity contribution in [3.05, 3.63) is 40.3 Å². The molecule has 1 aromatic rings. The molecule has 0 atom stereocenters. The molecule has 0 aliphatic heterocycles. The molecule has 0 saturated heterocycles. The Balaban J connectivity index is 3.41. The number of nitrogens with one attached hydrogen (secondary N) is 1. The first-order chi connectivity index (χ1) is 9.22. The fraction of sp³-hybridized carbons (Fsp3) is 0.357. The van der Waals surface area contributed by atoms with Gasteiger partial charge in [0.25, 0.3) is 0 Å². The topological polar surface area (TPSA) is 70.0 Å².